The van der Waals surface area contributed by atoms with Crippen molar-refractivity contribution in [1.82, 2.24) is 9.80 Å². The van der Waals surface area contributed by atoms with Gasteiger partial charge in [-0.25, -0.2) is 4.79 Å². The summed E-state index contributed by atoms with van der Waals surface area (Å²) in [5, 5.41) is 2.83. The Hall–Kier alpha value is -2.77. The largest absolute Gasteiger partial charge is 0.497 e. The first-order chi connectivity index (χ1) is 13.0. The number of carbonyl (C=O) groups excluding carboxylic acids is 3. The van der Waals surface area contributed by atoms with Gasteiger partial charge in [0.25, 0.3) is 0 Å². The summed E-state index contributed by atoms with van der Waals surface area (Å²) in [7, 11) is 1.56. The number of nitrogens with zero attached hydrogens (tertiary/aromatic N) is 2. The first-order valence-electron chi connectivity index (χ1n) is 9.17. The molecule has 8 nitrogen and oxygen atoms in total. The maximum Gasteiger partial charge on any atom is 0.409 e. The van der Waals surface area contributed by atoms with Crippen LogP contribution in [0.25, 0.3) is 0 Å². The lowest BCUT2D eigenvalue weighted by atomic mass is 10.0. The molecule has 1 heterocycles. The van der Waals surface area contributed by atoms with Crippen LogP contribution >= 0.6 is 0 Å². The van der Waals surface area contributed by atoms with Gasteiger partial charge in [0.05, 0.1) is 13.7 Å². The van der Waals surface area contributed by atoms with Crippen molar-refractivity contribution in [3.05, 3.63) is 24.3 Å². The first kappa shape index (κ1) is 19.0. The molecule has 8 heteroatoms. The van der Waals surface area contributed by atoms with E-state index in [2.05, 4.69) is 5.32 Å². The Balaban J connectivity index is 1.59. The number of amides is 3. The van der Waals surface area contributed by atoms with Crippen molar-refractivity contribution in [3.8, 4) is 5.75 Å². The van der Waals surface area contributed by atoms with Crippen molar-refractivity contribution < 1.29 is 23.9 Å². The number of methoxy groups -OCH3 is 1. The molecule has 1 aromatic carbocycles. The predicted octanol–water partition coefficient (Wildman–Crippen LogP) is 1.71. The van der Waals surface area contributed by atoms with E-state index >= 15 is 0 Å². The zero-order valence-electron chi connectivity index (χ0n) is 15.7. The van der Waals surface area contributed by atoms with Gasteiger partial charge in [-0.15, -0.1) is 0 Å². The molecule has 1 saturated carbocycles. The van der Waals surface area contributed by atoms with E-state index in [1.807, 2.05) is 0 Å². The average molecular weight is 375 g/mol. The van der Waals surface area contributed by atoms with Gasteiger partial charge < -0.3 is 24.6 Å². The minimum Gasteiger partial charge on any atom is -0.497 e. The highest BCUT2D eigenvalue weighted by Crippen LogP contribution is 2.48. The van der Waals surface area contributed by atoms with Crippen LogP contribution in [-0.4, -0.2) is 67.6 Å². The number of piperazine rings is 1. The van der Waals surface area contributed by atoms with E-state index in [0.29, 0.717) is 57.1 Å². The van der Waals surface area contributed by atoms with Crippen LogP contribution in [0.5, 0.6) is 5.75 Å². The minimum atomic E-state index is -0.991. The molecule has 0 unspecified atom stereocenters. The van der Waals surface area contributed by atoms with E-state index in [9.17, 15) is 14.4 Å². The molecule has 1 aliphatic carbocycles. The fourth-order valence-electron chi connectivity index (χ4n) is 3.22. The highest BCUT2D eigenvalue weighted by atomic mass is 16.6. The molecule has 1 aromatic rings. The van der Waals surface area contributed by atoms with Gasteiger partial charge in [0.15, 0.2) is 0 Å². The van der Waals surface area contributed by atoms with Crippen molar-refractivity contribution in [3.63, 3.8) is 0 Å². The molecule has 1 aliphatic heterocycles. The molecule has 2 aliphatic rings. The lowest BCUT2D eigenvalue weighted by molar-refractivity contribution is -0.143. The van der Waals surface area contributed by atoms with Crippen LogP contribution < -0.4 is 10.1 Å². The Morgan fingerprint density at radius 1 is 1.11 bits per heavy atom. The molecule has 2 fully saturated rings. The second kappa shape index (κ2) is 7.85. The molecule has 27 heavy (non-hydrogen) atoms. The molecular formula is C19H25N3O5. The van der Waals surface area contributed by atoms with Gasteiger partial charge in [-0.05, 0) is 31.9 Å². The number of hydrogen-bond acceptors (Lipinski definition) is 5. The number of rotatable bonds is 5. The van der Waals surface area contributed by atoms with Crippen LogP contribution in [0.1, 0.15) is 19.8 Å². The third-order valence-electron chi connectivity index (χ3n) is 5.01. The summed E-state index contributed by atoms with van der Waals surface area (Å²) >= 11 is 0. The van der Waals surface area contributed by atoms with Crippen molar-refractivity contribution >= 4 is 23.6 Å². The fourth-order valence-corrected chi connectivity index (χ4v) is 3.22. The van der Waals surface area contributed by atoms with E-state index in [4.69, 9.17) is 9.47 Å². The van der Waals surface area contributed by atoms with Gasteiger partial charge in [-0.2, -0.15) is 0 Å². The van der Waals surface area contributed by atoms with Crippen molar-refractivity contribution in [1.29, 1.82) is 0 Å². The van der Waals surface area contributed by atoms with Gasteiger partial charge in [0.2, 0.25) is 11.8 Å². The lowest BCUT2D eigenvalue weighted by Crippen LogP contribution is -2.53. The van der Waals surface area contributed by atoms with Gasteiger partial charge >= 0.3 is 6.09 Å². The Morgan fingerprint density at radius 3 is 2.37 bits per heavy atom. The summed E-state index contributed by atoms with van der Waals surface area (Å²) in [6, 6.07) is 7.05. The molecule has 3 amide bonds. The number of benzene rings is 1. The summed E-state index contributed by atoms with van der Waals surface area (Å²) in [4.78, 5) is 40.7. The van der Waals surface area contributed by atoms with Crippen molar-refractivity contribution in [2.45, 2.75) is 19.8 Å². The van der Waals surface area contributed by atoms with Crippen LogP contribution in [0, 0.1) is 5.41 Å². The van der Waals surface area contributed by atoms with Crippen molar-refractivity contribution in [2.24, 2.45) is 5.41 Å². The number of nitrogens with one attached hydrogen (secondary N) is 1. The van der Waals surface area contributed by atoms with Crippen LogP contribution in [0.3, 0.4) is 0 Å². The summed E-state index contributed by atoms with van der Waals surface area (Å²) in [5.74, 6) is 0.194. The summed E-state index contributed by atoms with van der Waals surface area (Å²) in [5.41, 5.74) is -0.389. The maximum absolute atomic E-state index is 12.9. The molecule has 146 valence electrons. The number of anilines is 1. The summed E-state index contributed by atoms with van der Waals surface area (Å²) < 4.78 is 10.1. The zero-order chi connectivity index (χ0) is 19.4. The van der Waals surface area contributed by atoms with Crippen LogP contribution in [-0.2, 0) is 14.3 Å². The van der Waals surface area contributed by atoms with Crippen LogP contribution in [0.4, 0.5) is 10.5 Å². The summed E-state index contributed by atoms with van der Waals surface area (Å²) in [6.45, 7) is 3.73. The second-order valence-corrected chi connectivity index (χ2v) is 6.75. The highest BCUT2D eigenvalue weighted by molar-refractivity contribution is 6.13. The molecule has 1 N–H and O–H groups in total. The monoisotopic (exact) mass is 375 g/mol. The predicted molar refractivity (Wildman–Crippen MR) is 98.5 cm³/mol. The van der Waals surface area contributed by atoms with E-state index in [0.717, 1.165) is 0 Å². The number of ether oxygens (including phenoxy) is 2. The normalized spacial score (nSPS) is 17.9. The summed E-state index contributed by atoms with van der Waals surface area (Å²) in [6.07, 6.45) is 0.723. The molecule has 0 bridgehead atoms. The maximum atomic E-state index is 12.9. The Bertz CT molecular complexity index is 724. The average Bonchev–Trinajstić information content (AvgIpc) is 3.50. The SMILES string of the molecule is CCOC(=O)N1CCN(C(=O)C2(C(=O)Nc3cccc(OC)c3)CC2)CC1. The lowest BCUT2D eigenvalue weighted by Gasteiger charge is -2.35. The molecule has 0 radical (unpaired) electrons. The van der Waals surface area contributed by atoms with Crippen LogP contribution in [0.15, 0.2) is 24.3 Å². The van der Waals surface area contributed by atoms with Gasteiger partial charge in [0, 0.05) is 37.9 Å². The Kier molecular flexibility index (Phi) is 5.53. The topological polar surface area (TPSA) is 88.2 Å². The van der Waals surface area contributed by atoms with E-state index in [1.54, 1.807) is 48.1 Å². The Morgan fingerprint density at radius 2 is 1.78 bits per heavy atom. The third-order valence-corrected chi connectivity index (χ3v) is 5.01. The second-order valence-electron chi connectivity index (χ2n) is 6.75. The molecule has 0 spiro atoms. The smallest absolute Gasteiger partial charge is 0.409 e. The van der Waals surface area contributed by atoms with Gasteiger partial charge in [-0.1, -0.05) is 6.07 Å². The number of hydrogen-bond donors (Lipinski definition) is 1. The molecule has 0 atom stereocenters. The zero-order valence-corrected chi connectivity index (χ0v) is 15.7. The molecule has 3 rings (SSSR count). The third kappa shape index (κ3) is 3.99. The number of carbonyl (C=O) groups is 3. The van der Waals surface area contributed by atoms with Gasteiger partial charge in [0.1, 0.15) is 11.2 Å². The van der Waals surface area contributed by atoms with E-state index in [-0.39, 0.29) is 17.9 Å². The van der Waals surface area contributed by atoms with E-state index < -0.39 is 5.41 Å². The molecule has 0 aromatic heterocycles. The molecule has 1 saturated heterocycles. The standard InChI is InChI=1S/C19H25N3O5/c1-3-27-18(25)22-11-9-21(10-12-22)17(24)19(7-8-19)16(23)20-14-5-4-6-15(13-14)26-2/h4-6,13H,3,7-12H2,1-2H3,(H,20,23). The highest BCUT2D eigenvalue weighted by Gasteiger charge is 2.58. The van der Waals surface area contributed by atoms with Crippen molar-refractivity contribution in [2.75, 3.05) is 45.2 Å². The van der Waals surface area contributed by atoms with Gasteiger partial charge in [-0.3, -0.25) is 9.59 Å². The fraction of sp³-hybridized carbons (Fsp3) is 0.526. The van der Waals surface area contributed by atoms with E-state index in [1.165, 1.54) is 0 Å². The quantitative estimate of drug-likeness (QED) is 0.792. The Labute approximate surface area is 158 Å². The molecular weight excluding hydrogens is 350 g/mol. The minimum absolute atomic E-state index is 0.161. The first-order valence-corrected chi connectivity index (χ1v) is 9.17. The van der Waals surface area contributed by atoms with Crippen LogP contribution in [0.2, 0.25) is 0 Å².